The molecule has 1 saturated heterocycles. The number of pyridine rings is 1. The number of rotatable bonds is 4. The van der Waals surface area contributed by atoms with Gasteiger partial charge < -0.3 is 15.1 Å². The largest absolute Gasteiger partial charge is 0.353 e. The molecule has 7 nitrogen and oxygen atoms in total. The Labute approximate surface area is 159 Å². The van der Waals surface area contributed by atoms with E-state index in [0.29, 0.717) is 30.8 Å². The smallest absolute Gasteiger partial charge is 0.272 e. The first kappa shape index (κ1) is 17.7. The van der Waals surface area contributed by atoms with Crippen molar-refractivity contribution in [2.24, 2.45) is 0 Å². The number of hydrogen-bond acceptors (Lipinski definition) is 6. The Hall–Kier alpha value is -2.70. The van der Waals surface area contributed by atoms with Crippen LogP contribution in [0.25, 0.3) is 0 Å². The lowest BCUT2D eigenvalue weighted by atomic mass is 10.2. The highest BCUT2D eigenvalue weighted by atomic mass is 16.2. The molecule has 0 spiro atoms. The zero-order chi connectivity index (χ0) is 18.6. The van der Waals surface area contributed by atoms with Crippen LogP contribution >= 0.6 is 0 Å². The van der Waals surface area contributed by atoms with E-state index in [2.05, 4.69) is 25.2 Å². The van der Waals surface area contributed by atoms with Gasteiger partial charge in [0.1, 0.15) is 11.5 Å². The Morgan fingerprint density at radius 2 is 1.89 bits per heavy atom. The topological polar surface area (TPSA) is 74.2 Å². The van der Waals surface area contributed by atoms with Crippen molar-refractivity contribution in [3.05, 3.63) is 41.9 Å². The SMILES string of the molecule is Cc1cc(C(=O)N2CCN(c3ccccn3)CC2)nc(NC2CCCC2)n1. The van der Waals surface area contributed by atoms with Crippen molar-refractivity contribution in [1.82, 2.24) is 19.9 Å². The Morgan fingerprint density at radius 3 is 2.59 bits per heavy atom. The van der Waals surface area contributed by atoms with Gasteiger partial charge in [0.2, 0.25) is 5.95 Å². The van der Waals surface area contributed by atoms with Crippen LogP contribution in [0, 0.1) is 6.92 Å². The second-order valence-electron chi connectivity index (χ2n) is 7.31. The maximum atomic E-state index is 13.0. The Balaban J connectivity index is 1.41. The van der Waals surface area contributed by atoms with E-state index < -0.39 is 0 Å². The molecule has 3 heterocycles. The maximum Gasteiger partial charge on any atom is 0.272 e. The van der Waals surface area contributed by atoms with E-state index in [0.717, 1.165) is 37.4 Å². The monoisotopic (exact) mass is 366 g/mol. The maximum absolute atomic E-state index is 13.0. The molecule has 0 radical (unpaired) electrons. The van der Waals surface area contributed by atoms with Crippen molar-refractivity contribution in [3.63, 3.8) is 0 Å². The van der Waals surface area contributed by atoms with Gasteiger partial charge in [-0.1, -0.05) is 18.9 Å². The van der Waals surface area contributed by atoms with Crippen LogP contribution in [-0.2, 0) is 0 Å². The van der Waals surface area contributed by atoms with Gasteiger partial charge in [0.05, 0.1) is 0 Å². The van der Waals surface area contributed by atoms with Gasteiger partial charge in [-0.15, -0.1) is 0 Å². The van der Waals surface area contributed by atoms with Crippen LogP contribution in [0.2, 0.25) is 0 Å². The second-order valence-corrected chi connectivity index (χ2v) is 7.31. The molecule has 1 aliphatic heterocycles. The number of amides is 1. The van der Waals surface area contributed by atoms with Crippen LogP contribution in [-0.4, -0.2) is 58.0 Å². The predicted molar refractivity (Wildman–Crippen MR) is 105 cm³/mol. The minimum Gasteiger partial charge on any atom is -0.353 e. The van der Waals surface area contributed by atoms with E-state index in [4.69, 9.17) is 0 Å². The summed E-state index contributed by atoms with van der Waals surface area (Å²) >= 11 is 0. The summed E-state index contributed by atoms with van der Waals surface area (Å²) in [5, 5.41) is 3.40. The minimum absolute atomic E-state index is 0.0179. The summed E-state index contributed by atoms with van der Waals surface area (Å²) in [4.78, 5) is 30.4. The highest BCUT2D eigenvalue weighted by Gasteiger charge is 2.25. The first-order chi connectivity index (χ1) is 13.2. The molecular formula is C20H26N6O. The van der Waals surface area contributed by atoms with Crippen molar-refractivity contribution in [2.45, 2.75) is 38.6 Å². The Kier molecular flexibility index (Phi) is 5.18. The van der Waals surface area contributed by atoms with E-state index in [1.54, 1.807) is 12.3 Å². The molecule has 2 aromatic heterocycles. The van der Waals surface area contributed by atoms with Crippen LogP contribution < -0.4 is 10.2 Å². The van der Waals surface area contributed by atoms with Gasteiger partial charge in [-0.3, -0.25) is 4.79 Å². The number of nitrogens with one attached hydrogen (secondary N) is 1. The van der Waals surface area contributed by atoms with Gasteiger partial charge in [0.25, 0.3) is 5.91 Å². The normalized spacial score (nSPS) is 18.0. The van der Waals surface area contributed by atoms with E-state index in [1.165, 1.54) is 12.8 Å². The number of carbonyl (C=O) groups is 1. The van der Waals surface area contributed by atoms with Crippen molar-refractivity contribution in [3.8, 4) is 0 Å². The summed E-state index contributed by atoms with van der Waals surface area (Å²) in [6.07, 6.45) is 6.59. The number of carbonyl (C=O) groups excluding carboxylic acids is 1. The van der Waals surface area contributed by atoms with Gasteiger partial charge in [-0.25, -0.2) is 15.0 Å². The van der Waals surface area contributed by atoms with Crippen LogP contribution in [0.4, 0.5) is 11.8 Å². The number of aryl methyl sites for hydroxylation is 1. The molecule has 0 atom stereocenters. The second kappa shape index (κ2) is 7.90. The van der Waals surface area contributed by atoms with Crippen molar-refractivity contribution >= 4 is 17.7 Å². The van der Waals surface area contributed by atoms with Crippen LogP contribution in [0.1, 0.15) is 41.9 Å². The molecule has 2 aromatic rings. The molecule has 1 amide bonds. The molecule has 0 bridgehead atoms. The number of nitrogens with zero attached hydrogens (tertiary/aromatic N) is 5. The van der Waals surface area contributed by atoms with E-state index in [9.17, 15) is 4.79 Å². The molecule has 2 aliphatic rings. The minimum atomic E-state index is -0.0179. The third-order valence-electron chi connectivity index (χ3n) is 5.30. The summed E-state index contributed by atoms with van der Waals surface area (Å²) in [7, 11) is 0. The zero-order valence-electron chi connectivity index (χ0n) is 15.8. The average Bonchev–Trinajstić information content (AvgIpc) is 3.21. The fourth-order valence-electron chi connectivity index (χ4n) is 3.84. The molecule has 0 unspecified atom stereocenters. The van der Waals surface area contributed by atoms with Gasteiger partial charge in [0.15, 0.2) is 0 Å². The highest BCUT2D eigenvalue weighted by Crippen LogP contribution is 2.21. The fraction of sp³-hybridized carbons (Fsp3) is 0.500. The first-order valence-corrected chi connectivity index (χ1v) is 9.76. The number of anilines is 2. The molecule has 142 valence electrons. The predicted octanol–water partition coefficient (Wildman–Crippen LogP) is 2.50. The number of aromatic nitrogens is 3. The van der Waals surface area contributed by atoms with E-state index in [-0.39, 0.29) is 5.91 Å². The molecule has 4 rings (SSSR count). The molecule has 0 aromatic carbocycles. The Bertz CT molecular complexity index is 782. The summed E-state index contributed by atoms with van der Waals surface area (Å²) in [6.45, 7) is 4.81. The highest BCUT2D eigenvalue weighted by molar-refractivity contribution is 5.92. The Morgan fingerprint density at radius 1 is 1.11 bits per heavy atom. The lowest BCUT2D eigenvalue weighted by Crippen LogP contribution is -2.49. The summed E-state index contributed by atoms with van der Waals surface area (Å²) in [6, 6.07) is 8.12. The van der Waals surface area contributed by atoms with E-state index in [1.807, 2.05) is 30.0 Å². The van der Waals surface area contributed by atoms with Crippen molar-refractivity contribution in [2.75, 3.05) is 36.4 Å². The summed E-state index contributed by atoms with van der Waals surface area (Å²) in [5.74, 6) is 1.53. The van der Waals surface area contributed by atoms with Crippen LogP contribution in [0.3, 0.4) is 0 Å². The van der Waals surface area contributed by atoms with Crippen molar-refractivity contribution < 1.29 is 4.79 Å². The van der Waals surface area contributed by atoms with Gasteiger partial charge in [-0.05, 0) is 38.0 Å². The lowest BCUT2D eigenvalue weighted by molar-refractivity contribution is 0.0740. The molecular weight excluding hydrogens is 340 g/mol. The molecule has 1 N–H and O–H groups in total. The lowest BCUT2D eigenvalue weighted by Gasteiger charge is -2.35. The van der Waals surface area contributed by atoms with Gasteiger partial charge in [0, 0.05) is 44.1 Å². The number of hydrogen-bond donors (Lipinski definition) is 1. The first-order valence-electron chi connectivity index (χ1n) is 9.76. The molecule has 7 heteroatoms. The summed E-state index contributed by atoms with van der Waals surface area (Å²) in [5.41, 5.74) is 1.30. The van der Waals surface area contributed by atoms with Crippen molar-refractivity contribution in [1.29, 1.82) is 0 Å². The number of piperazine rings is 1. The quantitative estimate of drug-likeness (QED) is 0.896. The molecule has 1 saturated carbocycles. The third-order valence-corrected chi connectivity index (χ3v) is 5.30. The zero-order valence-corrected chi connectivity index (χ0v) is 15.8. The van der Waals surface area contributed by atoms with Crippen LogP contribution in [0.15, 0.2) is 30.5 Å². The summed E-state index contributed by atoms with van der Waals surface area (Å²) < 4.78 is 0. The third kappa shape index (κ3) is 4.18. The standard InChI is InChI=1S/C20H26N6O/c1-15-14-17(24-20(22-15)23-16-6-2-3-7-16)19(27)26-12-10-25(11-13-26)18-8-4-5-9-21-18/h4-5,8-9,14,16H,2-3,6-7,10-13H2,1H3,(H,22,23,24). The van der Waals surface area contributed by atoms with Gasteiger partial charge in [-0.2, -0.15) is 0 Å². The van der Waals surface area contributed by atoms with E-state index >= 15 is 0 Å². The van der Waals surface area contributed by atoms with Gasteiger partial charge >= 0.3 is 0 Å². The molecule has 27 heavy (non-hydrogen) atoms. The van der Waals surface area contributed by atoms with Crippen LogP contribution in [0.5, 0.6) is 0 Å². The molecule has 1 aliphatic carbocycles. The fourth-order valence-corrected chi connectivity index (χ4v) is 3.84. The average molecular weight is 366 g/mol. The molecule has 2 fully saturated rings.